The second kappa shape index (κ2) is 10.8. The Kier molecular flexibility index (Phi) is 7.60. The van der Waals surface area contributed by atoms with Crippen molar-refractivity contribution in [3.63, 3.8) is 0 Å². The number of anilines is 1. The molecule has 162 valence electrons. The number of carbonyl (C=O) groups excluding carboxylic acids is 1. The minimum Gasteiger partial charge on any atom is -0.497 e. The van der Waals surface area contributed by atoms with Gasteiger partial charge in [0.1, 0.15) is 35.6 Å². The predicted octanol–water partition coefficient (Wildman–Crippen LogP) is 5.52. The van der Waals surface area contributed by atoms with Crippen LogP contribution in [-0.2, 0) is 17.8 Å². The van der Waals surface area contributed by atoms with Crippen molar-refractivity contribution in [3.05, 3.63) is 94.8 Å². The lowest BCUT2D eigenvalue weighted by molar-refractivity contribution is -0.112. The summed E-state index contributed by atoms with van der Waals surface area (Å²) in [7, 11) is 1.53. The van der Waals surface area contributed by atoms with E-state index in [0.29, 0.717) is 22.7 Å². The van der Waals surface area contributed by atoms with Gasteiger partial charge >= 0.3 is 0 Å². The van der Waals surface area contributed by atoms with Gasteiger partial charge in [-0.1, -0.05) is 31.2 Å². The van der Waals surface area contributed by atoms with Crippen LogP contribution in [0.5, 0.6) is 11.5 Å². The molecule has 0 saturated heterocycles. The van der Waals surface area contributed by atoms with Gasteiger partial charge in [-0.05, 0) is 60.0 Å². The first kappa shape index (κ1) is 22.6. The Balaban J connectivity index is 1.82. The van der Waals surface area contributed by atoms with Crippen molar-refractivity contribution >= 4 is 17.7 Å². The molecule has 32 heavy (non-hydrogen) atoms. The molecular formula is C26H23FN2O3. The molecule has 0 bridgehead atoms. The van der Waals surface area contributed by atoms with E-state index in [2.05, 4.69) is 12.2 Å². The van der Waals surface area contributed by atoms with Gasteiger partial charge in [-0.25, -0.2) is 4.39 Å². The fourth-order valence-corrected chi connectivity index (χ4v) is 2.95. The molecule has 3 aromatic carbocycles. The van der Waals surface area contributed by atoms with Gasteiger partial charge in [-0.2, -0.15) is 5.26 Å². The van der Waals surface area contributed by atoms with Crippen LogP contribution in [0.1, 0.15) is 23.6 Å². The maximum Gasteiger partial charge on any atom is 0.266 e. The first-order valence-corrected chi connectivity index (χ1v) is 10.1. The summed E-state index contributed by atoms with van der Waals surface area (Å²) in [5.41, 5.74) is 3.01. The van der Waals surface area contributed by atoms with E-state index in [-0.39, 0.29) is 18.0 Å². The third-order valence-electron chi connectivity index (χ3n) is 4.81. The number of halogens is 1. The lowest BCUT2D eigenvalue weighted by Crippen LogP contribution is -2.13. The maximum atomic E-state index is 13.1. The molecule has 0 aromatic heterocycles. The molecule has 5 nitrogen and oxygen atoms in total. The van der Waals surface area contributed by atoms with E-state index < -0.39 is 5.91 Å². The number of hydrogen-bond donors (Lipinski definition) is 1. The molecule has 1 amide bonds. The average Bonchev–Trinajstić information content (AvgIpc) is 2.83. The summed E-state index contributed by atoms with van der Waals surface area (Å²) in [6.07, 6.45) is 2.37. The molecule has 1 N–H and O–H groups in total. The van der Waals surface area contributed by atoms with Crippen LogP contribution in [0.2, 0.25) is 0 Å². The summed E-state index contributed by atoms with van der Waals surface area (Å²) in [6.45, 7) is 2.24. The van der Waals surface area contributed by atoms with Gasteiger partial charge in [0.05, 0.1) is 7.11 Å². The van der Waals surface area contributed by atoms with Crippen LogP contribution in [0.3, 0.4) is 0 Å². The van der Waals surface area contributed by atoms with Crippen LogP contribution in [0, 0.1) is 17.1 Å². The Morgan fingerprint density at radius 2 is 1.75 bits per heavy atom. The Labute approximate surface area is 186 Å². The Bertz CT molecular complexity index is 1150. The van der Waals surface area contributed by atoms with Gasteiger partial charge in [-0.15, -0.1) is 0 Å². The fraction of sp³-hybridized carbons (Fsp3) is 0.154. The van der Waals surface area contributed by atoms with Crippen molar-refractivity contribution in [2.75, 3.05) is 12.4 Å². The highest BCUT2D eigenvalue weighted by Crippen LogP contribution is 2.28. The van der Waals surface area contributed by atoms with Gasteiger partial charge in [0.15, 0.2) is 0 Å². The first-order valence-electron chi connectivity index (χ1n) is 10.1. The zero-order valence-electron chi connectivity index (χ0n) is 17.9. The lowest BCUT2D eigenvalue weighted by atomic mass is 10.1. The highest BCUT2D eigenvalue weighted by molar-refractivity contribution is 6.09. The van der Waals surface area contributed by atoms with E-state index in [4.69, 9.17) is 9.47 Å². The van der Waals surface area contributed by atoms with Crippen molar-refractivity contribution in [1.82, 2.24) is 0 Å². The third-order valence-corrected chi connectivity index (χ3v) is 4.81. The number of carbonyl (C=O) groups is 1. The first-order chi connectivity index (χ1) is 15.5. The molecule has 3 aromatic rings. The van der Waals surface area contributed by atoms with Crippen LogP contribution in [-0.4, -0.2) is 13.0 Å². The summed E-state index contributed by atoms with van der Waals surface area (Å²) in [4.78, 5) is 12.6. The quantitative estimate of drug-likeness (QED) is 0.377. The van der Waals surface area contributed by atoms with Crippen molar-refractivity contribution in [2.45, 2.75) is 20.0 Å². The summed E-state index contributed by atoms with van der Waals surface area (Å²) in [5, 5.41) is 12.3. The minimum atomic E-state index is -0.517. The lowest BCUT2D eigenvalue weighted by Gasteiger charge is -2.12. The van der Waals surface area contributed by atoms with Gasteiger partial charge in [0.2, 0.25) is 0 Å². The number of rotatable bonds is 8. The van der Waals surface area contributed by atoms with E-state index >= 15 is 0 Å². The SMILES string of the molecule is CCc1ccc(NC(=O)/C(C#N)=C/c2ccc(OC)cc2OCc2ccc(F)cc2)cc1. The number of amides is 1. The van der Waals surface area contributed by atoms with Crippen molar-refractivity contribution < 1.29 is 18.7 Å². The second-order valence-electron chi connectivity index (χ2n) is 6.99. The van der Waals surface area contributed by atoms with Gasteiger partial charge in [0.25, 0.3) is 5.91 Å². The largest absolute Gasteiger partial charge is 0.497 e. The number of nitrogens with zero attached hydrogens (tertiary/aromatic N) is 1. The normalized spacial score (nSPS) is 10.9. The van der Waals surface area contributed by atoms with Crippen LogP contribution >= 0.6 is 0 Å². The molecule has 0 aliphatic heterocycles. The van der Waals surface area contributed by atoms with Gasteiger partial charge in [-0.3, -0.25) is 4.79 Å². The zero-order chi connectivity index (χ0) is 22.9. The Morgan fingerprint density at radius 1 is 1.06 bits per heavy atom. The summed E-state index contributed by atoms with van der Waals surface area (Å²) >= 11 is 0. The van der Waals surface area contributed by atoms with Crippen LogP contribution < -0.4 is 14.8 Å². The van der Waals surface area contributed by atoms with E-state index in [0.717, 1.165) is 17.5 Å². The van der Waals surface area contributed by atoms with E-state index in [9.17, 15) is 14.4 Å². The smallest absolute Gasteiger partial charge is 0.266 e. The Hall–Kier alpha value is -4.11. The number of hydrogen-bond acceptors (Lipinski definition) is 4. The molecule has 3 rings (SSSR count). The molecule has 0 heterocycles. The second-order valence-corrected chi connectivity index (χ2v) is 6.99. The highest BCUT2D eigenvalue weighted by Gasteiger charge is 2.13. The fourth-order valence-electron chi connectivity index (χ4n) is 2.95. The topological polar surface area (TPSA) is 71.4 Å². The number of nitriles is 1. The molecule has 0 saturated carbocycles. The molecule has 0 unspecified atom stereocenters. The molecule has 0 atom stereocenters. The average molecular weight is 430 g/mol. The number of nitrogens with one attached hydrogen (secondary N) is 1. The monoisotopic (exact) mass is 430 g/mol. The molecule has 6 heteroatoms. The maximum absolute atomic E-state index is 13.1. The molecule has 0 aliphatic carbocycles. The summed E-state index contributed by atoms with van der Waals surface area (Å²) < 4.78 is 24.3. The molecular weight excluding hydrogens is 407 g/mol. The van der Waals surface area contributed by atoms with Crippen molar-refractivity contribution in [2.24, 2.45) is 0 Å². The highest BCUT2D eigenvalue weighted by atomic mass is 19.1. The number of benzene rings is 3. The van der Waals surface area contributed by atoms with E-state index in [1.54, 1.807) is 42.5 Å². The summed E-state index contributed by atoms with van der Waals surface area (Å²) in [5.74, 6) is 0.154. The molecule has 0 fully saturated rings. The van der Waals surface area contributed by atoms with Gasteiger partial charge in [0, 0.05) is 17.3 Å². The summed E-state index contributed by atoms with van der Waals surface area (Å²) in [6, 6.07) is 20.5. The minimum absolute atomic E-state index is 0.0682. The Morgan fingerprint density at radius 3 is 2.38 bits per heavy atom. The van der Waals surface area contributed by atoms with E-state index in [1.165, 1.54) is 25.3 Å². The molecule has 0 aliphatic rings. The van der Waals surface area contributed by atoms with Crippen LogP contribution in [0.15, 0.2) is 72.3 Å². The standard InChI is InChI=1S/C26H23FN2O3/c1-3-18-6-11-23(12-7-18)29-26(30)21(16-28)14-20-8-13-24(31-2)15-25(20)32-17-19-4-9-22(27)10-5-19/h4-15H,3,17H2,1-2H3,(H,29,30)/b21-14+. The number of ether oxygens (including phenoxy) is 2. The van der Waals surface area contributed by atoms with Crippen LogP contribution in [0.4, 0.5) is 10.1 Å². The molecule has 0 radical (unpaired) electrons. The third kappa shape index (κ3) is 5.96. The van der Waals surface area contributed by atoms with Crippen LogP contribution in [0.25, 0.3) is 6.08 Å². The predicted molar refractivity (Wildman–Crippen MR) is 122 cm³/mol. The molecule has 0 spiro atoms. The zero-order valence-corrected chi connectivity index (χ0v) is 17.9. The number of methoxy groups -OCH3 is 1. The van der Waals surface area contributed by atoms with Crippen molar-refractivity contribution in [1.29, 1.82) is 5.26 Å². The van der Waals surface area contributed by atoms with Gasteiger partial charge < -0.3 is 14.8 Å². The van der Waals surface area contributed by atoms with E-state index in [1.807, 2.05) is 18.2 Å². The van der Waals surface area contributed by atoms with Crippen molar-refractivity contribution in [3.8, 4) is 17.6 Å². The number of aryl methyl sites for hydroxylation is 1.